The zero-order valence-electron chi connectivity index (χ0n) is 12.8. The second kappa shape index (κ2) is 8.13. The molecule has 21 heavy (non-hydrogen) atoms. The molecule has 0 bridgehead atoms. The Bertz CT molecular complexity index is 438. The molecule has 1 fully saturated rings. The van der Waals surface area contributed by atoms with Crippen LogP contribution in [0.5, 0.6) is 0 Å². The van der Waals surface area contributed by atoms with Gasteiger partial charge in [0.1, 0.15) is 0 Å². The van der Waals surface area contributed by atoms with Crippen LogP contribution in [0, 0.1) is 0 Å². The molecule has 1 aromatic carbocycles. The highest BCUT2D eigenvalue weighted by Gasteiger charge is 2.28. The van der Waals surface area contributed by atoms with E-state index in [4.69, 9.17) is 0 Å². The lowest BCUT2D eigenvalue weighted by atomic mass is 10.1. The summed E-state index contributed by atoms with van der Waals surface area (Å²) in [6, 6.07) is 10.3. The molecule has 3 nitrogen and oxygen atoms in total. The van der Waals surface area contributed by atoms with E-state index >= 15 is 0 Å². The van der Waals surface area contributed by atoms with E-state index in [-0.39, 0.29) is 18.6 Å². The molecule has 116 valence electrons. The van der Waals surface area contributed by atoms with Crippen LogP contribution in [0.1, 0.15) is 31.7 Å². The van der Waals surface area contributed by atoms with Crippen LogP contribution < -0.4 is 0 Å². The summed E-state index contributed by atoms with van der Waals surface area (Å²) < 4.78 is 12.4. The maximum absolute atomic E-state index is 12.4. The van der Waals surface area contributed by atoms with Crippen molar-refractivity contribution in [2.75, 3.05) is 26.3 Å². The predicted molar refractivity (Wildman–Crippen MR) is 82.7 cm³/mol. The molecule has 0 radical (unpaired) electrons. The number of halogens is 1. The summed E-state index contributed by atoms with van der Waals surface area (Å²) in [4.78, 5) is 16.7. The first-order chi connectivity index (χ1) is 10.2. The molecule has 1 aromatic rings. The van der Waals surface area contributed by atoms with E-state index in [1.165, 1.54) is 5.56 Å². The standard InChI is InChI=1S/C17H25FN2O/c1-2-16-14-19(11-6-10-18)12-9-17(21)20(16)13-15-7-4-3-5-8-15/h3-5,7-8,16H,2,6,9-14H2,1H3/t16-/m1/s1. The SMILES string of the molecule is CC[C@@H]1CN(CCCF)CCC(=O)N1Cc1ccccc1. The van der Waals surface area contributed by atoms with Gasteiger partial charge in [-0.3, -0.25) is 9.18 Å². The number of rotatable bonds is 6. The van der Waals surface area contributed by atoms with E-state index in [2.05, 4.69) is 24.0 Å². The monoisotopic (exact) mass is 292 g/mol. The number of alkyl halides is 1. The van der Waals surface area contributed by atoms with E-state index in [0.717, 1.165) is 26.1 Å². The molecule has 0 aromatic heterocycles. The summed E-state index contributed by atoms with van der Waals surface area (Å²) >= 11 is 0. The molecule has 0 saturated carbocycles. The molecular weight excluding hydrogens is 267 g/mol. The van der Waals surface area contributed by atoms with Crippen LogP contribution in [-0.2, 0) is 11.3 Å². The van der Waals surface area contributed by atoms with Crippen LogP contribution in [0.15, 0.2) is 30.3 Å². The minimum atomic E-state index is -0.283. The predicted octanol–water partition coefficient (Wildman–Crippen LogP) is 2.86. The van der Waals surface area contributed by atoms with Gasteiger partial charge in [-0.25, -0.2) is 0 Å². The molecule has 0 aliphatic carbocycles. The Morgan fingerprint density at radius 3 is 2.71 bits per heavy atom. The number of amides is 1. The number of carbonyl (C=O) groups is 1. The van der Waals surface area contributed by atoms with Gasteiger partial charge in [-0.05, 0) is 18.4 Å². The third-order valence-corrected chi connectivity index (χ3v) is 4.15. The molecule has 2 rings (SSSR count). The van der Waals surface area contributed by atoms with Crippen LogP contribution in [-0.4, -0.2) is 48.1 Å². The van der Waals surface area contributed by atoms with Crippen molar-refractivity contribution in [3.8, 4) is 0 Å². The fourth-order valence-electron chi connectivity index (χ4n) is 2.92. The summed E-state index contributed by atoms with van der Waals surface area (Å²) in [5.74, 6) is 0.216. The Hall–Kier alpha value is -1.42. The van der Waals surface area contributed by atoms with Gasteiger partial charge in [0.15, 0.2) is 0 Å². The van der Waals surface area contributed by atoms with Gasteiger partial charge in [-0.1, -0.05) is 37.3 Å². The molecule has 0 N–H and O–H groups in total. The van der Waals surface area contributed by atoms with Crippen LogP contribution in [0.3, 0.4) is 0 Å². The molecule has 1 amide bonds. The fourth-order valence-corrected chi connectivity index (χ4v) is 2.92. The lowest BCUT2D eigenvalue weighted by molar-refractivity contribution is -0.133. The smallest absolute Gasteiger partial charge is 0.224 e. The first-order valence-electron chi connectivity index (χ1n) is 7.86. The van der Waals surface area contributed by atoms with Gasteiger partial charge in [0.05, 0.1) is 6.67 Å². The molecule has 0 spiro atoms. The molecule has 4 heteroatoms. The summed E-state index contributed by atoms with van der Waals surface area (Å²) in [5, 5.41) is 0. The minimum absolute atomic E-state index is 0.216. The molecule has 0 unspecified atom stereocenters. The normalized spacial score (nSPS) is 20.6. The van der Waals surface area contributed by atoms with Gasteiger partial charge in [0.25, 0.3) is 0 Å². The van der Waals surface area contributed by atoms with Crippen LogP contribution in [0.4, 0.5) is 4.39 Å². The third kappa shape index (κ3) is 4.53. The van der Waals surface area contributed by atoms with Crippen molar-refractivity contribution in [3.05, 3.63) is 35.9 Å². The Morgan fingerprint density at radius 1 is 1.29 bits per heavy atom. The lowest BCUT2D eigenvalue weighted by Gasteiger charge is -2.31. The van der Waals surface area contributed by atoms with Crippen molar-refractivity contribution in [3.63, 3.8) is 0 Å². The highest BCUT2D eigenvalue weighted by atomic mass is 19.1. The first-order valence-corrected chi connectivity index (χ1v) is 7.86. The topological polar surface area (TPSA) is 23.6 Å². The third-order valence-electron chi connectivity index (χ3n) is 4.15. The highest BCUT2D eigenvalue weighted by molar-refractivity contribution is 5.77. The minimum Gasteiger partial charge on any atom is -0.334 e. The van der Waals surface area contributed by atoms with E-state index in [0.29, 0.717) is 19.4 Å². The van der Waals surface area contributed by atoms with Crippen molar-refractivity contribution in [1.29, 1.82) is 0 Å². The number of nitrogens with zero attached hydrogens (tertiary/aromatic N) is 2. The van der Waals surface area contributed by atoms with E-state index < -0.39 is 0 Å². The maximum atomic E-state index is 12.4. The summed E-state index contributed by atoms with van der Waals surface area (Å²) in [6.45, 7) is 4.87. The Morgan fingerprint density at radius 2 is 2.05 bits per heavy atom. The van der Waals surface area contributed by atoms with Crippen molar-refractivity contribution >= 4 is 5.91 Å². The molecule has 1 atom stereocenters. The highest BCUT2D eigenvalue weighted by Crippen LogP contribution is 2.17. The van der Waals surface area contributed by atoms with Gasteiger partial charge >= 0.3 is 0 Å². The number of hydrogen-bond donors (Lipinski definition) is 0. The molecule has 1 saturated heterocycles. The number of benzene rings is 1. The largest absolute Gasteiger partial charge is 0.334 e. The number of hydrogen-bond acceptors (Lipinski definition) is 2. The summed E-state index contributed by atoms with van der Waals surface area (Å²) in [6.07, 6.45) is 2.03. The van der Waals surface area contributed by atoms with E-state index in [9.17, 15) is 9.18 Å². The van der Waals surface area contributed by atoms with E-state index in [1.54, 1.807) is 0 Å². The van der Waals surface area contributed by atoms with Crippen LogP contribution in [0.25, 0.3) is 0 Å². The Kier molecular flexibility index (Phi) is 6.18. The average molecular weight is 292 g/mol. The van der Waals surface area contributed by atoms with Crippen molar-refractivity contribution < 1.29 is 9.18 Å². The van der Waals surface area contributed by atoms with Crippen molar-refractivity contribution in [2.45, 2.75) is 38.8 Å². The quantitative estimate of drug-likeness (QED) is 0.805. The molecular formula is C17H25FN2O. The van der Waals surface area contributed by atoms with Gasteiger partial charge in [0, 0.05) is 38.6 Å². The lowest BCUT2D eigenvalue weighted by Crippen LogP contribution is -2.42. The van der Waals surface area contributed by atoms with Crippen molar-refractivity contribution in [1.82, 2.24) is 9.80 Å². The molecule has 1 aliphatic heterocycles. The molecule has 1 aliphatic rings. The van der Waals surface area contributed by atoms with E-state index in [1.807, 2.05) is 23.1 Å². The summed E-state index contributed by atoms with van der Waals surface area (Å²) in [7, 11) is 0. The van der Waals surface area contributed by atoms with Crippen molar-refractivity contribution in [2.24, 2.45) is 0 Å². The van der Waals surface area contributed by atoms with Crippen LogP contribution in [0.2, 0.25) is 0 Å². The van der Waals surface area contributed by atoms with Gasteiger partial charge in [-0.2, -0.15) is 0 Å². The number of carbonyl (C=O) groups excluding carboxylic acids is 1. The zero-order valence-corrected chi connectivity index (χ0v) is 12.8. The first kappa shape index (κ1) is 16.0. The van der Waals surface area contributed by atoms with Gasteiger partial charge < -0.3 is 9.80 Å². The summed E-state index contributed by atoms with van der Waals surface area (Å²) in [5.41, 5.74) is 1.17. The maximum Gasteiger partial charge on any atom is 0.224 e. The van der Waals surface area contributed by atoms with Gasteiger partial charge in [0.2, 0.25) is 5.91 Å². The second-order valence-electron chi connectivity index (χ2n) is 5.66. The fraction of sp³-hybridized carbons (Fsp3) is 0.588. The Balaban J connectivity index is 2.05. The second-order valence-corrected chi connectivity index (χ2v) is 5.66. The molecule has 1 heterocycles. The Labute approximate surface area is 126 Å². The van der Waals surface area contributed by atoms with Crippen LogP contribution >= 0.6 is 0 Å². The average Bonchev–Trinajstić information content (AvgIpc) is 2.67. The van der Waals surface area contributed by atoms with Gasteiger partial charge in [-0.15, -0.1) is 0 Å². The zero-order chi connectivity index (χ0) is 15.1.